The van der Waals surface area contributed by atoms with Crippen molar-refractivity contribution < 1.29 is 23.8 Å². The zero-order valence-electron chi connectivity index (χ0n) is 14.2. The molecule has 130 valence electrons. The van der Waals surface area contributed by atoms with Gasteiger partial charge in [0.25, 0.3) is 0 Å². The molecule has 0 radical (unpaired) electrons. The number of nitrogens with zero attached hydrogens (tertiary/aromatic N) is 2. The number of hydrogen-bond donors (Lipinski definition) is 0. The number of anilines is 1. The van der Waals surface area contributed by atoms with E-state index in [9.17, 15) is 9.59 Å². The molecule has 0 N–H and O–H groups in total. The van der Waals surface area contributed by atoms with Gasteiger partial charge in [0.2, 0.25) is 0 Å². The lowest BCUT2D eigenvalue weighted by atomic mass is 10.1. The first-order chi connectivity index (χ1) is 12.1. The van der Waals surface area contributed by atoms with E-state index in [1.165, 1.54) is 14.2 Å². The number of aryl methyl sites for hydroxylation is 1. The summed E-state index contributed by atoms with van der Waals surface area (Å²) >= 11 is 0. The molecule has 7 heteroatoms. The molecule has 1 aliphatic rings. The Labute approximate surface area is 144 Å². The Hall–Kier alpha value is -2.93. The Kier molecular flexibility index (Phi) is 4.67. The second kappa shape index (κ2) is 6.90. The van der Waals surface area contributed by atoms with Crippen molar-refractivity contribution in [3.8, 4) is 0 Å². The lowest BCUT2D eigenvalue weighted by molar-refractivity contribution is -0.140. The number of pyridine rings is 1. The molecule has 0 amide bonds. The van der Waals surface area contributed by atoms with Gasteiger partial charge in [0.1, 0.15) is 12.4 Å². The van der Waals surface area contributed by atoms with Gasteiger partial charge in [0.05, 0.1) is 31.9 Å². The molecule has 7 nitrogen and oxygen atoms in total. The fourth-order valence-electron chi connectivity index (χ4n) is 2.85. The molecule has 1 aromatic carbocycles. The molecule has 0 bridgehead atoms. The lowest BCUT2D eigenvalue weighted by Gasteiger charge is -2.32. The maximum atomic E-state index is 12.4. The summed E-state index contributed by atoms with van der Waals surface area (Å²) in [5, 5.41) is 0.985. The van der Waals surface area contributed by atoms with Gasteiger partial charge in [-0.25, -0.2) is 9.59 Å². The molecule has 0 atom stereocenters. The average Bonchev–Trinajstić information content (AvgIpc) is 2.65. The molecule has 0 saturated carbocycles. The van der Waals surface area contributed by atoms with Crippen molar-refractivity contribution in [3.63, 3.8) is 0 Å². The van der Waals surface area contributed by atoms with Gasteiger partial charge >= 0.3 is 11.9 Å². The molecule has 2 heterocycles. The summed E-state index contributed by atoms with van der Waals surface area (Å²) < 4.78 is 15.2. The Bertz CT molecular complexity index is 875. The van der Waals surface area contributed by atoms with Gasteiger partial charge in [0, 0.05) is 17.3 Å². The van der Waals surface area contributed by atoms with Crippen molar-refractivity contribution in [2.24, 2.45) is 0 Å². The number of carbonyl (C=O) groups excluding carboxylic acids is 2. The Morgan fingerprint density at radius 3 is 2.68 bits per heavy atom. The summed E-state index contributed by atoms with van der Waals surface area (Å²) in [6, 6.07) is 7.65. The number of hydrogen-bond acceptors (Lipinski definition) is 7. The number of benzene rings is 1. The zero-order valence-corrected chi connectivity index (χ0v) is 14.2. The standard InChI is InChI=1S/C18H18N2O5/c1-11-7-12-5-4-6-19-14(12)8-15(11)20-10-25-9-13(17(21)23-2)16(20)18(22)24-3/h4-8H,9-10H2,1-3H3. The highest BCUT2D eigenvalue weighted by atomic mass is 16.5. The number of aromatic nitrogens is 1. The van der Waals surface area contributed by atoms with Crippen molar-refractivity contribution >= 4 is 28.5 Å². The summed E-state index contributed by atoms with van der Waals surface area (Å²) in [7, 11) is 2.53. The molecule has 0 saturated heterocycles. The molecule has 0 spiro atoms. The van der Waals surface area contributed by atoms with E-state index >= 15 is 0 Å². The van der Waals surface area contributed by atoms with Crippen molar-refractivity contribution in [2.45, 2.75) is 6.92 Å². The van der Waals surface area contributed by atoms with Crippen LogP contribution in [-0.2, 0) is 23.8 Å². The van der Waals surface area contributed by atoms with Gasteiger partial charge in [-0.15, -0.1) is 0 Å². The fourth-order valence-corrected chi connectivity index (χ4v) is 2.85. The van der Waals surface area contributed by atoms with Crippen molar-refractivity contribution in [2.75, 3.05) is 32.5 Å². The van der Waals surface area contributed by atoms with Crippen LogP contribution in [0.3, 0.4) is 0 Å². The van der Waals surface area contributed by atoms with E-state index in [1.54, 1.807) is 11.1 Å². The maximum absolute atomic E-state index is 12.4. The number of esters is 2. The van der Waals surface area contributed by atoms with Crippen molar-refractivity contribution in [1.29, 1.82) is 0 Å². The minimum atomic E-state index is -0.623. The predicted octanol–water partition coefficient (Wildman–Crippen LogP) is 1.94. The van der Waals surface area contributed by atoms with Crippen LogP contribution in [0.4, 0.5) is 5.69 Å². The van der Waals surface area contributed by atoms with Crippen LogP contribution in [-0.4, -0.2) is 44.5 Å². The van der Waals surface area contributed by atoms with Crippen LogP contribution >= 0.6 is 0 Å². The number of methoxy groups -OCH3 is 2. The van der Waals surface area contributed by atoms with Gasteiger partial charge < -0.3 is 19.1 Å². The minimum Gasteiger partial charge on any atom is -0.466 e. The molecule has 3 rings (SSSR count). The summed E-state index contributed by atoms with van der Waals surface area (Å²) in [5.74, 6) is -1.24. The molecular weight excluding hydrogens is 324 g/mol. The quantitative estimate of drug-likeness (QED) is 0.789. The average molecular weight is 342 g/mol. The van der Waals surface area contributed by atoms with Gasteiger partial charge in [-0.3, -0.25) is 4.98 Å². The van der Waals surface area contributed by atoms with Crippen LogP contribution in [0.15, 0.2) is 41.7 Å². The zero-order chi connectivity index (χ0) is 18.0. The molecule has 0 fully saturated rings. The van der Waals surface area contributed by atoms with Crippen LogP contribution < -0.4 is 4.90 Å². The highest BCUT2D eigenvalue weighted by molar-refractivity contribution is 6.04. The van der Waals surface area contributed by atoms with Crippen molar-refractivity contribution in [1.82, 2.24) is 4.98 Å². The van der Waals surface area contributed by atoms with Crippen LogP contribution in [0.25, 0.3) is 10.9 Å². The van der Waals surface area contributed by atoms with Crippen LogP contribution in [0.5, 0.6) is 0 Å². The van der Waals surface area contributed by atoms with E-state index < -0.39 is 11.9 Å². The van der Waals surface area contributed by atoms with Crippen molar-refractivity contribution in [3.05, 3.63) is 47.3 Å². The molecular formula is C18H18N2O5. The third kappa shape index (κ3) is 3.06. The van der Waals surface area contributed by atoms with Crippen LogP contribution in [0, 0.1) is 6.92 Å². The summed E-state index contributed by atoms with van der Waals surface area (Å²) in [4.78, 5) is 30.4. The molecule has 1 aromatic heterocycles. The van der Waals surface area contributed by atoms with Crippen LogP contribution in [0.2, 0.25) is 0 Å². The number of carbonyl (C=O) groups is 2. The smallest absolute Gasteiger partial charge is 0.355 e. The van der Waals surface area contributed by atoms with Crippen LogP contribution in [0.1, 0.15) is 5.56 Å². The monoisotopic (exact) mass is 342 g/mol. The second-order valence-corrected chi connectivity index (χ2v) is 5.55. The van der Waals surface area contributed by atoms with E-state index in [0.29, 0.717) is 5.69 Å². The lowest BCUT2D eigenvalue weighted by Crippen LogP contribution is -2.39. The Balaban J connectivity index is 2.18. The Morgan fingerprint density at radius 2 is 1.96 bits per heavy atom. The largest absolute Gasteiger partial charge is 0.466 e. The molecule has 0 aliphatic carbocycles. The first kappa shape index (κ1) is 16.9. The SMILES string of the molecule is COC(=O)C1=C(C(=O)OC)N(c2cc3ncccc3cc2C)COC1. The van der Waals surface area contributed by atoms with Gasteiger partial charge in [-0.05, 0) is 30.7 Å². The molecule has 0 unspecified atom stereocenters. The minimum absolute atomic E-state index is 0.0154. The Morgan fingerprint density at radius 1 is 1.20 bits per heavy atom. The number of fused-ring (bicyclic) bond motifs is 1. The van der Waals surface area contributed by atoms with E-state index in [2.05, 4.69) is 4.98 Å². The van der Waals surface area contributed by atoms with Gasteiger partial charge in [0.15, 0.2) is 0 Å². The first-order valence-electron chi connectivity index (χ1n) is 7.67. The van der Waals surface area contributed by atoms with Gasteiger partial charge in [-0.2, -0.15) is 0 Å². The summed E-state index contributed by atoms with van der Waals surface area (Å²) in [6.45, 7) is 2.02. The fraction of sp³-hybridized carbons (Fsp3) is 0.278. The van der Waals surface area contributed by atoms with E-state index in [4.69, 9.17) is 14.2 Å². The molecule has 25 heavy (non-hydrogen) atoms. The predicted molar refractivity (Wildman–Crippen MR) is 90.8 cm³/mol. The summed E-state index contributed by atoms with van der Waals surface area (Å²) in [6.07, 6.45) is 1.70. The normalized spacial score (nSPS) is 14.6. The van der Waals surface area contributed by atoms with Gasteiger partial charge in [-0.1, -0.05) is 6.07 Å². The molecule has 1 aliphatic heterocycles. The number of rotatable bonds is 3. The van der Waals surface area contributed by atoms with E-state index in [0.717, 1.165) is 16.5 Å². The van der Waals surface area contributed by atoms with E-state index in [-0.39, 0.29) is 24.6 Å². The first-order valence-corrected chi connectivity index (χ1v) is 7.67. The number of ether oxygens (including phenoxy) is 3. The maximum Gasteiger partial charge on any atom is 0.355 e. The highest BCUT2D eigenvalue weighted by Gasteiger charge is 2.33. The second-order valence-electron chi connectivity index (χ2n) is 5.55. The summed E-state index contributed by atoms with van der Waals surface area (Å²) in [5.41, 5.74) is 2.65. The highest BCUT2D eigenvalue weighted by Crippen LogP contribution is 2.31. The third-order valence-corrected chi connectivity index (χ3v) is 4.04. The molecule has 2 aromatic rings. The third-order valence-electron chi connectivity index (χ3n) is 4.04. The topological polar surface area (TPSA) is 78.0 Å². The van der Waals surface area contributed by atoms with E-state index in [1.807, 2.05) is 31.2 Å².